The maximum Gasteiger partial charge on any atom is 0.255 e. The maximum atomic E-state index is 12.5. The van der Waals surface area contributed by atoms with Gasteiger partial charge in [0.05, 0.1) is 18.5 Å². The molecule has 0 aliphatic rings. The van der Waals surface area contributed by atoms with E-state index >= 15 is 0 Å². The van der Waals surface area contributed by atoms with E-state index in [9.17, 15) is 13.2 Å². The Bertz CT molecular complexity index is 1110. The van der Waals surface area contributed by atoms with Crippen molar-refractivity contribution in [3.8, 4) is 0 Å². The molecule has 0 aliphatic heterocycles. The molecule has 0 atom stereocenters. The van der Waals surface area contributed by atoms with Crippen LogP contribution in [-0.4, -0.2) is 32.1 Å². The molecule has 3 rings (SSSR count). The highest BCUT2D eigenvalue weighted by molar-refractivity contribution is 7.92. The molecule has 0 saturated heterocycles. The molecule has 6 nitrogen and oxygen atoms in total. The summed E-state index contributed by atoms with van der Waals surface area (Å²) in [7, 11) is -3.43. The molecule has 30 heavy (non-hydrogen) atoms. The van der Waals surface area contributed by atoms with Crippen LogP contribution in [0.4, 0.5) is 11.4 Å². The zero-order valence-electron chi connectivity index (χ0n) is 16.7. The van der Waals surface area contributed by atoms with Crippen molar-refractivity contribution in [3.05, 3.63) is 102 Å². The first-order valence-corrected chi connectivity index (χ1v) is 11.2. The number of aromatic nitrogens is 1. The van der Waals surface area contributed by atoms with Crippen molar-refractivity contribution in [1.29, 1.82) is 0 Å². The van der Waals surface area contributed by atoms with Crippen molar-refractivity contribution in [3.63, 3.8) is 0 Å². The smallest absolute Gasteiger partial charge is 0.255 e. The Balaban J connectivity index is 1.66. The van der Waals surface area contributed by atoms with Crippen molar-refractivity contribution in [2.45, 2.75) is 6.42 Å². The fourth-order valence-electron chi connectivity index (χ4n) is 2.97. The summed E-state index contributed by atoms with van der Waals surface area (Å²) in [6.07, 6.45) is 6.97. The Kier molecular flexibility index (Phi) is 6.64. The van der Waals surface area contributed by atoms with Gasteiger partial charge in [-0.15, -0.1) is 6.58 Å². The molecular formula is C23H23N3O3S. The van der Waals surface area contributed by atoms with E-state index < -0.39 is 10.0 Å². The van der Waals surface area contributed by atoms with Gasteiger partial charge >= 0.3 is 0 Å². The Labute approximate surface area is 176 Å². The summed E-state index contributed by atoms with van der Waals surface area (Å²) in [5.74, 6) is -0.266. The van der Waals surface area contributed by atoms with E-state index in [4.69, 9.17) is 0 Å². The molecule has 0 bridgehead atoms. The second-order valence-electron chi connectivity index (χ2n) is 6.81. The highest BCUT2D eigenvalue weighted by Crippen LogP contribution is 2.19. The lowest BCUT2D eigenvalue weighted by Gasteiger charge is -2.20. The van der Waals surface area contributed by atoms with E-state index in [0.717, 1.165) is 18.2 Å². The average Bonchev–Trinajstić information content (AvgIpc) is 2.73. The van der Waals surface area contributed by atoms with Crippen molar-refractivity contribution < 1.29 is 13.2 Å². The first-order valence-electron chi connectivity index (χ1n) is 9.34. The number of carbonyl (C=O) groups is 1. The van der Waals surface area contributed by atoms with Gasteiger partial charge in [0.15, 0.2) is 0 Å². The summed E-state index contributed by atoms with van der Waals surface area (Å²) < 4.78 is 25.1. The molecular weight excluding hydrogens is 398 g/mol. The van der Waals surface area contributed by atoms with E-state index in [2.05, 4.69) is 16.9 Å². The normalized spacial score (nSPS) is 11.0. The van der Waals surface area contributed by atoms with E-state index in [1.165, 1.54) is 15.9 Å². The SMILES string of the molecule is C=CCN(c1ccc(C(=O)Nc2ccc(Cc3ccncc3)cc2)cc1)S(C)(=O)=O. The van der Waals surface area contributed by atoms with Crippen LogP contribution >= 0.6 is 0 Å². The number of sulfonamides is 1. The van der Waals surface area contributed by atoms with E-state index in [1.54, 1.807) is 36.7 Å². The van der Waals surface area contributed by atoms with Crippen LogP contribution in [0.15, 0.2) is 85.7 Å². The summed E-state index contributed by atoms with van der Waals surface area (Å²) >= 11 is 0. The van der Waals surface area contributed by atoms with E-state index in [-0.39, 0.29) is 12.5 Å². The molecule has 0 saturated carbocycles. The van der Waals surface area contributed by atoms with Gasteiger partial charge in [-0.1, -0.05) is 18.2 Å². The minimum Gasteiger partial charge on any atom is -0.322 e. The third-order valence-electron chi connectivity index (χ3n) is 4.48. The molecule has 1 aromatic heterocycles. The summed E-state index contributed by atoms with van der Waals surface area (Å²) in [5.41, 5.74) is 3.90. The van der Waals surface area contributed by atoms with Crippen LogP contribution < -0.4 is 9.62 Å². The zero-order chi connectivity index (χ0) is 21.6. The molecule has 0 spiro atoms. The number of nitrogens with one attached hydrogen (secondary N) is 1. The van der Waals surface area contributed by atoms with E-state index in [1.807, 2.05) is 36.4 Å². The highest BCUT2D eigenvalue weighted by Gasteiger charge is 2.16. The molecule has 0 fully saturated rings. The van der Waals surface area contributed by atoms with E-state index in [0.29, 0.717) is 16.9 Å². The second-order valence-corrected chi connectivity index (χ2v) is 8.72. The number of nitrogens with zero attached hydrogens (tertiary/aromatic N) is 2. The van der Waals surface area contributed by atoms with Crippen molar-refractivity contribution in [2.24, 2.45) is 0 Å². The molecule has 0 radical (unpaired) electrons. The van der Waals surface area contributed by atoms with Crippen molar-refractivity contribution in [1.82, 2.24) is 4.98 Å². The first-order chi connectivity index (χ1) is 14.4. The maximum absolute atomic E-state index is 12.5. The van der Waals surface area contributed by atoms with Crippen LogP contribution in [0, 0.1) is 0 Å². The van der Waals surface area contributed by atoms with Crippen LogP contribution in [-0.2, 0) is 16.4 Å². The number of hydrogen-bond donors (Lipinski definition) is 1. The van der Waals surface area contributed by atoms with Gasteiger partial charge in [-0.2, -0.15) is 0 Å². The molecule has 2 aromatic carbocycles. The topological polar surface area (TPSA) is 79.4 Å². The highest BCUT2D eigenvalue weighted by atomic mass is 32.2. The number of carbonyl (C=O) groups excluding carboxylic acids is 1. The van der Waals surface area contributed by atoms with Gasteiger partial charge in [0.2, 0.25) is 10.0 Å². The molecule has 1 heterocycles. The molecule has 0 aliphatic carbocycles. The summed E-state index contributed by atoms with van der Waals surface area (Å²) in [4.78, 5) is 16.5. The summed E-state index contributed by atoms with van der Waals surface area (Å²) in [6.45, 7) is 3.75. The standard InChI is InChI=1S/C23H23N3O3S/c1-3-16-26(30(2,28)29)22-10-6-20(7-11-22)23(27)25-21-8-4-18(5-9-21)17-19-12-14-24-15-13-19/h3-15H,1,16-17H2,2H3,(H,25,27). The molecule has 0 unspecified atom stereocenters. The van der Waals surface area contributed by atoms with Gasteiger partial charge < -0.3 is 5.32 Å². The van der Waals surface area contributed by atoms with Crippen LogP contribution in [0.1, 0.15) is 21.5 Å². The Morgan fingerprint density at radius 2 is 1.60 bits per heavy atom. The molecule has 1 N–H and O–H groups in total. The summed E-state index contributed by atoms with van der Waals surface area (Å²) in [5, 5.41) is 2.86. The predicted octanol–water partition coefficient (Wildman–Crippen LogP) is 3.88. The van der Waals surface area contributed by atoms with Crippen LogP contribution in [0.25, 0.3) is 0 Å². The number of rotatable bonds is 8. The summed E-state index contributed by atoms with van der Waals surface area (Å²) in [6, 6.07) is 18.0. The number of pyridine rings is 1. The van der Waals surface area contributed by atoms with Gasteiger partial charge in [0.1, 0.15) is 0 Å². The molecule has 7 heteroatoms. The minimum absolute atomic E-state index is 0.163. The number of benzene rings is 2. The van der Waals surface area contributed by atoms with Crippen LogP contribution in [0.2, 0.25) is 0 Å². The van der Waals surface area contributed by atoms with Crippen molar-refractivity contribution in [2.75, 3.05) is 22.4 Å². The van der Waals surface area contributed by atoms with Crippen LogP contribution in [0.3, 0.4) is 0 Å². The average molecular weight is 422 g/mol. The Morgan fingerprint density at radius 1 is 1.00 bits per heavy atom. The third kappa shape index (κ3) is 5.55. The molecule has 154 valence electrons. The Morgan fingerprint density at radius 3 is 2.17 bits per heavy atom. The van der Waals surface area contributed by atoms with Gasteiger partial charge in [-0.25, -0.2) is 8.42 Å². The minimum atomic E-state index is -3.43. The predicted molar refractivity (Wildman–Crippen MR) is 120 cm³/mol. The quantitative estimate of drug-likeness (QED) is 0.560. The van der Waals surface area contributed by atoms with Gasteiger partial charge in [0, 0.05) is 23.6 Å². The van der Waals surface area contributed by atoms with Gasteiger partial charge in [0.25, 0.3) is 5.91 Å². The second kappa shape index (κ2) is 9.37. The van der Waals surface area contributed by atoms with Gasteiger partial charge in [-0.3, -0.25) is 14.1 Å². The number of amides is 1. The number of hydrogen-bond acceptors (Lipinski definition) is 4. The Hall–Kier alpha value is -3.45. The molecule has 3 aromatic rings. The van der Waals surface area contributed by atoms with Crippen LogP contribution in [0.5, 0.6) is 0 Å². The zero-order valence-corrected chi connectivity index (χ0v) is 17.5. The van der Waals surface area contributed by atoms with Crippen molar-refractivity contribution >= 4 is 27.3 Å². The monoisotopic (exact) mass is 421 g/mol. The fraction of sp³-hybridized carbons (Fsp3) is 0.130. The fourth-order valence-corrected chi connectivity index (χ4v) is 3.86. The first kappa shape index (κ1) is 21.3. The largest absolute Gasteiger partial charge is 0.322 e. The lowest BCUT2D eigenvalue weighted by molar-refractivity contribution is 0.102. The lowest BCUT2D eigenvalue weighted by atomic mass is 10.1. The molecule has 1 amide bonds. The third-order valence-corrected chi connectivity index (χ3v) is 5.64. The lowest BCUT2D eigenvalue weighted by Crippen LogP contribution is -2.29. The number of anilines is 2. The van der Waals surface area contributed by atoms with Gasteiger partial charge in [-0.05, 0) is 66.1 Å².